The summed E-state index contributed by atoms with van der Waals surface area (Å²) in [6.07, 6.45) is 1.32. The molecule has 0 saturated carbocycles. The fraction of sp³-hybridized carbons (Fsp3) is 1.00. The molecule has 0 N–H and O–H groups in total. The predicted octanol–water partition coefficient (Wildman–Crippen LogP) is 0.947. The van der Waals surface area contributed by atoms with Crippen LogP contribution in [0.2, 0.25) is 0 Å². The molecule has 0 radical (unpaired) electrons. The van der Waals surface area contributed by atoms with Gasteiger partial charge in [0.15, 0.2) is 0 Å². The second-order valence-corrected chi connectivity index (χ2v) is 2.77. The smallest absolute Gasteiger partial charge is 0.0230 e. The molecule has 1 atom stereocenters. The first-order valence-corrected chi connectivity index (χ1v) is 3.73. The lowest BCUT2D eigenvalue weighted by molar-refractivity contribution is 0.0334. The highest BCUT2D eigenvalue weighted by atomic mass is 15.6. The van der Waals surface area contributed by atoms with E-state index in [9.17, 15) is 0 Å². The zero-order chi connectivity index (χ0) is 6.85. The van der Waals surface area contributed by atoms with E-state index in [-0.39, 0.29) is 0 Å². The average molecular weight is 128 g/mol. The van der Waals surface area contributed by atoms with E-state index in [1.807, 2.05) is 0 Å². The van der Waals surface area contributed by atoms with E-state index < -0.39 is 0 Å². The van der Waals surface area contributed by atoms with Gasteiger partial charge in [0.05, 0.1) is 0 Å². The van der Waals surface area contributed by atoms with Crippen molar-refractivity contribution < 1.29 is 0 Å². The van der Waals surface area contributed by atoms with Gasteiger partial charge in [-0.2, -0.15) is 0 Å². The first-order chi connectivity index (χ1) is 4.25. The van der Waals surface area contributed by atoms with Crippen molar-refractivity contribution in [1.82, 2.24) is 10.0 Å². The van der Waals surface area contributed by atoms with Gasteiger partial charge in [-0.3, -0.25) is 0 Å². The molecule has 0 aromatic carbocycles. The minimum absolute atomic E-state index is 0.764. The molecule has 1 fully saturated rings. The topological polar surface area (TPSA) is 6.48 Å². The minimum Gasteiger partial charge on any atom is -0.245 e. The molecule has 0 aromatic heterocycles. The largest absolute Gasteiger partial charge is 0.245 e. The standard InChI is InChI=1S/C7H16N2/c1-4-9-7(2)5-6-8(9)3/h7H,4-6H2,1-3H3. The Kier molecular flexibility index (Phi) is 2.09. The molecule has 54 valence electrons. The van der Waals surface area contributed by atoms with Gasteiger partial charge in [-0.05, 0) is 13.3 Å². The molecule has 1 saturated heterocycles. The molecule has 1 aliphatic heterocycles. The van der Waals surface area contributed by atoms with E-state index in [2.05, 4.69) is 30.9 Å². The minimum atomic E-state index is 0.764. The highest BCUT2D eigenvalue weighted by Crippen LogP contribution is 2.14. The SMILES string of the molecule is CCN1C(C)CCN1C. The highest BCUT2D eigenvalue weighted by Gasteiger charge is 2.22. The fourth-order valence-corrected chi connectivity index (χ4v) is 1.54. The maximum atomic E-state index is 2.40. The molecule has 0 aliphatic carbocycles. The number of nitrogens with zero attached hydrogens (tertiary/aromatic N) is 2. The van der Waals surface area contributed by atoms with Crippen LogP contribution in [0.5, 0.6) is 0 Å². The Morgan fingerprint density at radius 3 is 2.44 bits per heavy atom. The van der Waals surface area contributed by atoms with Gasteiger partial charge >= 0.3 is 0 Å². The summed E-state index contributed by atoms with van der Waals surface area (Å²) in [4.78, 5) is 0. The Labute approximate surface area is 57.4 Å². The molecule has 9 heavy (non-hydrogen) atoms. The summed E-state index contributed by atoms with van der Waals surface area (Å²) in [5.41, 5.74) is 0. The van der Waals surface area contributed by atoms with Crippen LogP contribution >= 0.6 is 0 Å². The van der Waals surface area contributed by atoms with Gasteiger partial charge in [0, 0.05) is 26.2 Å². The van der Waals surface area contributed by atoms with Crippen LogP contribution in [0.1, 0.15) is 20.3 Å². The van der Waals surface area contributed by atoms with Crippen LogP contribution in [-0.4, -0.2) is 36.2 Å². The number of rotatable bonds is 1. The van der Waals surface area contributed by atoms with Gasteiger partial charge in [-0.15, -0.1) is 0 Å². The molecule has 0 amide bonds. The third kappa shape index (κ3) is 1.25. The van der Waals surface area contributed by atoms with E-state index in [0.29, 0.717) is 0 Å². The molecular weight excluding hydrogens is 112 g/mol. The van der Waals surface area contributed by atoms with Crippen LogP contribution in [0.15, 0.2) is 0 Å². The second kappa shape index (κ2) is 2.67. The number of hydrogen-bond donors (Lipinski definition) is 0. The Hall–Kier alpha value is -0.0800. The lowest BCUT2D eigenvalue weighted by atomic mass is 10.3. The lowest BCUT2D eigenvalue weighted by Gasteiger charge is -2.25. The Morgan fingerprint density at radius 2 is 2.22 bits per heavy atom. The third-order valence-electron chi connectivity index (χ3n) is 2.14. The Bertz CT molecular complexity index is 82.9. The first-order valence-electron chi connectivity index (χ1n) is 3.73. The second-order valence-electron chi connectivity index (χ2n) is 2.77. The summed E-state index contributed by atoms with van der Waals surface area (Å²) in [5.74, 6) is 0. The van der Waals surface area contributed by atoms with Crippen molar-refractivity contribution >= 4 is 0 Å². The maximum absolute atomic E-state index is 2.40. The van der Waals surface area contributed by atoms with E-state index in [0.717, 1.165) is 12.6 Å². The Balaban J connectivity index is 2.44. The lowest BCUT2D eigenvalue weighted by Crippen LogP contribution is -2.36. The summed E-state index contributed by atoms with van der Waals surface area (Å²) >= 11 is 0. The monoisotopic (exact) mass is 128 g/mol. The normalized spacial score (nSPS) is 31.7. The van der Waals surface area contributed by atoms with Crippen molar-refractivity contribution in [2.24, 2.45) is 0 Å². The quantitative estimate of drug-likeness (QED) is 0.518. The first kappa shape index (κ1) is 7.03. The van der Waals surface area contributed by atoms with Crippen LogP contribution in [0.25, 0.3) is 0 Å². The average Bonchev–Trinajstić information content (AvgIpc) is 2.12. The predicted molar refractivity (Wildman–Crippen MR) is 39.1 cm³/mol. The van der Waals surface area contributed by atoms with E-state index in [4.69, 9.17) is 0 Å². The molecule has 2 nitrogen and oxygen atoms in total. The number of hydrazine groups is 1. The van der Waals surface area contributed by atoms with Crippen molar-refractivity contribution in [3.8, 4) is 0 Å². The fourth-order valence-electron chi connectivity index (χ4n) is 1.54. The molecular formula is C7H16N2. The van der Waals surface area contributed by atoms with Gasteiger partial charge in [-0.1, -0.05) is 6.92 Å². The van der Waals surface area contributed by atoms with Gasteiger partial charge in [-0.25, -0.2) is 10.0 Å². The third-order valence-corrected chi connectivity index (χ3v) is 2.14. The van der Waals surface area contributed by atoms with E-state index in [1.54, 1.807) is 0 Å². The zero-order valence-corrected chi connectivity index (χ0v) is 6.59. The highest BCUT2D eigenvalue weighted by molar-refractivity contribution is 4.71. The van der Waals surface area contributed by atoms with Crippen molar-refractivity contribution in [3.05, 3.63) is 0 Å². The van der Waals surface area contributed by atoms with Crippen LogP contribution in [0.4, 0.5) is 0 Å². The summed E-state index contributed by atoms with van der Waals surface area (Å²) in [5, 5.41) is 4.71. The molecule has 0 bridgehead atoms. The summed E-state index contributed by atoms with van der Waals surface area (Å²) < 4.78 is 0. The van der Waals surface area contributed by atoms with Gasteiger partial charge < -0.3 is 0 Å². The molecule has 1 unspecified atom stereocenters. The van der Waals surface area contributed by atoms with Gasteiger partial charge in [0.1, 0.15) is 0 Å². The van der Waals surface area contributed by atoms with E-state index in [1.165, 1.54) is 13.0 Å². The summed E-state index contributed by atoms with van der Waals surface area (Å²) in [7, 11) is 2.16. The summed E-state index contributed by atoms with van der Waals surface area (Å²) in [6.45, 7) is 6.87. The zero-order valence-electron chi connectivity index (χ0n) is 6.59. The van der Waals surface area contributed by atoms with Gasteiger partial charge in [0.25, 0.3) is 0 Å². The van der Waals surface area contributed by atoms with Crippen molar-refractivity contribution in [2.75, 3.05) is 20.1 Å². The molecule has 0 aromatic rings. The molecule has 1 aliphatic rings. The van der Waals surface area contributed by atoms with Crippen LogP contribution in [0.3, 0.4) is 0 Å². The number of hydrogen-bond acceptors (Lipinski definition) is 2. The summed E-state index contributed by atoms with van der Waals surface area (Å²) in [6, 6.07) is 0.764. The van der Waals surface area contributed by atoms with E-state index >= 15 is 0 Å². The molecule has 0 spiro atoms. The molecule has 1 heterocycles. The van der Waals surface area contributed by atoms with Gasteiger partial charge in [0.2, 0.25) is 0 Å². The van der Waals surface area contributed by atoms with Crippen LogP contribution in [-0.2, 0) is 0 Å². The maximum Gasteiger partial charge on any atom is 0.0230 e. The Morgan fingerprint density at radius 1 is 1.56 bits per heavy atom. The van der Waals surface area contributed by atoms with Crippen molar-refractivity contribution in [2.45, 2.75) is 26.3 Å². The van der Waals surface area contributed by atoms with Crippen LogP contribution < -0.4 is 0 Å². The molecule has 2 heteroatoms. The van der Waals surface area contributed by atoms with Crippen LogP contribution in [0, 0.1) is 0 Å². The van der Waals surface area contributed by atoms with Crippen molar-refractivity contribution in [3.63, 3.8) is 0 Å². The van der Waals surface area contributed by atoms with Crippen molar-refractivity contribution in [1.29, 1.82) is 0 Å². The molecule has 1 rings (SSSR count).